The van der Waals surface area contributed by atoms with Gasteiger partial charge in [-0.05, 0) is 62.7 Å². The van der Waals surface area contributed by atoms with Gasteiger partial charge in [-0.25, -0.2) is 9.97 Å². The van der Waals surface area contributed by atoms with Crippen molar-refractivity contribution in [2.45, 2.75) is 37.9 Å². The van der Waals surface area contributed by atoms with E-state index in [1.807, 2.05) is 43.3 Å². The van der Waals surface area contributed by atoms with Crippen LogP contribution in [0.4, 0.5) is 19.1 Å². The molecule has 9 heteroatoms. The van der Waals surface area contributed by atoms with Crippen molar-refractivity contribution in [3.8, 4) is 22.5 Å². The third kappa shape index (κ3) is 5.77. The minimum absolute atomic E-state index is 0.0414. The third-order valence-electron chi connectivity index (χ3n) is 6.61. The highest BCUT2D eigenvalue weighted by Gasteiger charge is 2.31. The summed E-state index contributed by atoms with van der Waals surface area (Å²) in [5.74, 6) is 0.643. The molecular weight excluding hydrogens is 477 g/mol. The second-order valence-electron chi connectivity index (χ2n) is 9.18. The average molecular weight is 505 g/mol. The minimum atomic E-state index is -4.46. The van der Waals surface area contributed by atoms with E-state index in [1.54, 1.807) is 18.3 Å². The van der Waals surface area contributed by atoms with E-state index in [0.717, 1.165) is 49.3 Å². The highest BCUT2D eigenvalue weighted by molar-refractivity contribution is 5.79. The number of anilines is 1. The molecule has 3 heterocycles. The van der Waals surface area contributed by atoms with Crippen molar-refractivity contribution in [2.75, 3.05) is 18.4 Å². The second-order valence-corrected chi connectivity index (χ2v) is 9.18. The van der Waals surface area contributed by atoms with Crippen LogP contribution in [0.3, 0.4) is 0 Å². The summed E-state index contributed by atoms with van der Waals surface area (Å²) >= 11 is 0. The smallest absolute Gasteiger partial charge is 0.348 e. The van der Waals surface area contributed by atoms with E-state index in [2.05, 4.69) is 25.8 Å². The van der Waals surface area contributed by atoms with Gasteiger partial charge in [0.05, 0.1) is 23.0 Å². The van der Waals surface area contributed by atoms with E-state index in [0.29, 0.717) is 28.5 Å². The third-order valence-corrected chi connectivity index (χ3v) is 6.61. The molecule has 6 nitrogen and oxygen atoms in total. The van der Waals surface area contributed by atoms with Gasteiger partial charge in [-0.15, -0.1) is 5.10 Å². The molecule has 2 aromatic carbocycles. The van der Waals surface area contributed by atoms with Crippen molar-refractivity contribution in [1.29, 1.82) is 0 Å². The first kappa shape index (κ1) is 24.8. The molecule has 0 radical (unpaired) electrons. The number of benzene rings is 2. The summed E-state index contributed by atoms with van der Waals surface area (Å²) in [4.78, 5) is 9.10. The lowest BCUT2D eigenvalue weighted by Gasteiger charge is -2.22. The second kappa shape index (κ2) is 10.6. The number of nitrogens with one attached hydrogen (secondary N) is 2. The fraction of sp³-hybridized carbons (Fsp3) is 0.286. The van der Waals surface area contributed by atoms with Gasteiger partial charge in [0, 0.05) is 23.2 Å². The molecule has 0 unspecified atom stereocenters. The van der Waals surface area contributed by atoms with E-state index in [9.17, 15) is 13.2 Å². The molecule has 190 valence electrons. The Labute approximate surface area is 213 Å². The van der Waals surface area contributed by atoms with Crippen LogP contribution in [0.1, 0.15) is 48.5 Å². The first-order chi connectivity index (χ1) is 17.9. The number of alkyl halides is 3. The van der Waals surface area contributed by atoms with Crippen molar-refractivity contribution in [3.05, 3.63) is 89.7 Å². The Balaban J connectivity index is 1.56. The van der Waals surface area contributed by atoms with E-state index in [1.165, 1.54) is 6.07 Å². The normalized spacial score (nSPS) is 15.4. The topological polar surface area (TPSA) is 75.6 Å². The molecule has 0 amide bonds. The molecule has 1 aliphatic rings. The van der Waals surface area contributed by atoms with Crippen LogP contribution in [0.15, 0.2) is 72.9 Å². The molecule has 2 N–H and O–H groups in total. The Morgan fingerprint density at radius 1 is 0.946 bits per heavy atom. The highest BCUT2D eigenvalue weighted by atomic mass is 19.4. The number of aromatic nitrogens is 4. The van der Waals surface area contributed by atoms with Crippen LogP contribution in [0.25, 0.3) is 22.5 Å². The van der Waals surface area contributed by atoms with Crippen LogP contribution in [-0.4, -0.2) is 33.3 Å². The Bertz CT molecular complexity index is 1350. The summed E-state index contributed by atoms with van der Waals surface area (Å²) in [5, 5.41) is 15.6. The largest absolute Gasteiger partial charge is 0.416 e. The first-order valence-corrected chi connectivity index (χ1v) is 12.3. The van der Waals surface area contributed by atoms with Crippen LogP contribution in [-0.2, 0) is 6.18 Å². The highest BCUT2D eigenvalue weighted by Crippen LogP contribution is 2.36. The molecule has 0 saturated carbocycles. The van der Waals surface area contributed by atoms with Gasteiger partial charge < -0.3 is 10.6 Å². The molecular formula is C28H27F3N6. The summed E-state index contributed by atoms with van der Waals surface area (Å²) in [7, 11) is 0. The van der Waals surface area contributed by atoms with Crippen LogP contribution in [0, 0.1) is 0 Å². The molecule has 1 aliphatic heterocycles. The molecule has 1 fully saturated rings. The van der Waals surface area contributed by atoms with Gasteiger partial charge in [0.2, 0.25) is 5.95 Å². The van der Waals surface area contributed by atoms with Crippen molar-refractivity contribution < 1.29 is 13.2 Å². The Kier molecular flexibility index (Phi) is 7.14. The number of piperidine rings is 1. The SMILES string of the molecule is C[C@H](Nc1nccc(-c2cc(C3CCNCC3)nnc2-c2cccc(C(F)(F)F)c2)n1)c1ccccc1. The van der Waals surface area contributed by atoms with E-state index >= 15 is 0 Å². The van der Waals surface area contributed by atoms with Crippen LogP contribution in [0.2, 0.25) is 0 Å². The van der Waals surface area contributed by atoms with Crippen molar-refractivity contribution in [2.24, 2.45) is 0 Å². The summed E-state index contributed by atoms with van der Waals surface area (Å²) < 4.78 is 40.4. The average Bonchev–Trinajstić information content (AvgIpc) is 2.93. The summed E-state index contributed by atoms with van der Waals surface area (Å²) in [5.41, 5.74) is 3.04. The van der Waals surface area contributed by atoms with Gasteiger partial charge in [0.1, 0.15) is 5.69 Å². The van der Waals surface area contributed by atoms with Crippen LogP contribution in [0.5, 0.6) is 0 Å². The fourth-order valence-electron chi connectivity index (χ4n) is 4.57. The van der Waals surface area contributed by atoms with E-state index in [4.69, 9.17) is 4.98 Å². The first-order valence-electron chi connectivity index (χ1n) is 12.3. The van der Waals surface area contributed by atoms with Gasteiger partial charge in [0.25, 0.3) is 0 Å². The predicted molar refractivity (Wildman–Crippen MR) is 137 cm³/mol. The summed E-state index contributed by atoms with van der Waals surface area (Å²) in [6.07, 6.45) is -0.981. The zero-order valence-corrected chi connectivity index (χ0v) is 20.3. The number of halogens is 3. The summed E-state index contributed by atoms with van der Waals surface area (Å²) in [6, 6.07) is 18.7. The lowest BCUT2D eigenvalue weighted by Crippen LogP contribution is -2.27. The molecule has 1 atom stereocenters. The maximum Gasteiger partial charge on any atom is 0.416 e. The predicted octanol–water partition coefficient (Wildman–Crippen LogP) is 6.26. The van der Waals surface area contributed by atoms with Gasteiger partial charge in [-0.2, -0.15) is 18.3 Å². The minimum Gasteiger partial charge on any atom is -0.348 e. The van der Waals surface area contributed by atoms with Crippen molar-refractivity contribution in [1.82, 2.24) is 25.5 Å². The van der Waals surface area contributed by atoms with Gasteiger partial charge >= 0.3 is 6.18 Å². The van der Waals surface area contributed by atoms with E-state index < -0.39 is 11.7 Å². The molecule has 0 spiro atoms. The number of hydrogen-bond acceptors (Lipinski definition) is 6. The molecule has 0 aliphatic carbocycles. The fourth-order valence-corrected chi connectivity index (χ4v) is 4.57. The molecule has 2 aromatic heterocycles. The van der Waals surface area contributed by atoms with Gasteiger partial charge in [-0.3, -0.25) is 0 Å². The van der Waals surface area contributed by atoms with Gasteiger partial charge in [0.15, 0.2) is 0 Å². The monoisotopic (exact) mass is 504 g/mol. The molecule has 1 saturated heterocycles. The number of nitrogens with zero attached hydrogens (tertiary/aromatic N) is 4. The Hall–Kier alpha value is -3.85. The maximum absolute atomic E-state index is 13.5. The Morgan fingerprint density at radius 3 is 2.49 bits per heavy atom. The van der Waals surface area contributed by atoms with E-state index in [-0.39, 0.29) is 12.0 Å². The Morgan fingerprint density at radius 2 is 1.73 bits per heavy atom. The lowest BCUT2D eigenvalue weighted by molar-refractivity contribution is -0.137. The molecule has 5 rings (SSSR count). The molecule has 37 heavy (non-hydrogen) atoms. The van der Waals surface area contributed by atoms with Gasteiger partial charge in [-0.1, -0.05) is 42.5 Å². The van der Waals surface area contributed by atoms with Crippen LogP contribution >= 0.6 is 0 Å². The molecule has 0 bridgehead atoms. The van der Waals surface area contributed by atoms with Crippen molar-refractivity contribution in [3.63, 3.8) is 0 Å². The number of rotatable bonds is 6. The maximum atomic E-state index is 13.5. The standard InChI is InChI=1S/C28H27F3N6/c1-18(19-6-3-2-4-7-19)34-27-33-15-12-24(35-27)23-17-25(20-10-13-32-14-11-20)36-37-26(23)21-8-5-9-22(16-21)28(29,30)31/h2-9,12,15-18,20,32H,10-11,13-14H2,1H3,(H,33,34,35)/t18-/m0/s1. The van der Waals surface area contributed by atoms with Crippen LogP contribution < -0.4 is 10.6 Å². The lowest BCUT2D eigenvalue weighted by atomic mass is 9.92. The number of hydrogen-bond donors (Lipinski definition) is 2. The zero-order valence-electron chi connectivity index (χ0n) is 20.3. The van der Waals surface area contributed by atoms with Crippen molar-refractivity contribution >= 4 is 5.95 Å². The quantitative estimate of drug-likeness (QED) is 0.323. The molecule has 4 aromatic rings. The summed E-state index contributed by atoms with van der Waals surface area (Å²) in [6.45, 7) is 3.79. The zero-order chi connectivity index (χ0) is 25.8.